The highest BCUT2D eigenvalue weighted by Gasteiger charge is 2.21. The zero-order valence-corrected chi connectivity index (χ0v) is 17.5. The van der Waals surface area contributed by atoms with Gasteiger partial charge in [-0.05, 0) is 51.1 Å². The summed E-state index contributed by atoms with van der Waals surface area (Å²) in [6.45, 7) is 7.83. The predicted molar refractivity (Wildman–Crippen MR) is 113 cm³/mol. The predicted octanol–water partition coefficient (Wildman–Crippen LogP) is 3.94. The molecule has 0 unspecified atom stereocenters. The lowest BCUT2D eigenvalue weighted by atomic mass is 10.2. The Hall–Kier alpha value is -3.07. The lowest BCUT2D eigenvalue weighted by Gasteiger charge is -2.13. The number of hydrogen-bond acceptors (Lipinski definition) is 6. The van der Waals surface area contributed by atoms with Gasteiger partial charge < -0.3 is 19.6 Å². The van der Waals surface area contributed by atoms with Crippen molar-refractivity contribution < 1.29 is 14.0 Å². The molecule has 0 spiro atoms. The van der Waals surface area contributed by atoms with Crippen molar-refractivity contribution in [2.75, 3.05) is 10.6 Å². The molecule has 0 radical (unpaired) electrons. The number of nitrogens with one attached hydrogen (secondary N) is 2. The highest BCUT2D eigenvalue weighted by molar-refractivity contribution is 8.00. The number of amides is 2. The molecule has 1 atom stereocenters. The molecule has 9 heteroatoms. The van der Waals surface area contributed by atoms with E-state index in [-0.39, 0.29) is 17.1 Å². The molecular weight excluding hydrogens is 390 g/mol. The Bertz CT molecular complexity index is 1010. The molecule has 0 aliphatic rings. The van der Waals surface area contributed by atoms with Gasteiger partial charge in [0.15, 0.2) is 11.0 Å². The molecule has 0 bridgehead atoms. The second-order valence-electron chi connectivity index (χ2n) is 6.45. The van der Waals surface area contributed by atoms with Crippen LogP contribution in [0.2, 0.25) is 0 Å². The molecule has 29 heavy (non-hydrogen) atoms. The minimum Gasteiger partial charge on any atom is -0.469 e. The number of hydrogen-bond donors (Lipinski definition) is 2. The highest BCUT2D eigenvalue weighted by Crippen LogP contribution is 2.29. The Labute approximate surface area is 173 Å². The van der Waals surface area contributed by atoms with Gasteiger partial charge in [-0.25, -0.2) is 0 Å². The first-order valence-corrected chi connectivity index (χ1v) is 10.1. The van der Waals surface area contributed by atoms with Gasteiger partial charge in [0, 0.05) is 24.8 Å². The normalized spacial score (nSPS) is 11.9. The van der Waals surface area contributed by atoms with E-state index in [1.807, 2.05) is 31.4 Å². The van der Waals surface area contributed by atoms with E-state index in [9.17, 15) is 9.59 Å². The molecule has 2 N–H and O–H groups in total. The number of aromatic nitrogens is 3. The van der Waals surface area contributed by atoms with E-state index in [0.717, 1.165) is 17.1 Å². The minimum absolute atomic E-state index is 0.142. The number of rotatable bonds is 7. The molecule has 3 aromatic rings. The summed E-state index contributed by atoms with van der Waals surface area (Å²) in [6.07, 6.45) is 1.62. The summed E-state index contributed by atoms with van der Waals surface area (Å²) in [7, 11) is 0. The van der Waals surface area contributed by atoms with Crippen molar-refractivity contribution in [3.05, 3.63) is 42.4 Å². The van der Waals surface area contributed by atoms with Crippen molar-refractivity contribution in [3.63, 3.8) is 0 Å². The number of furan rings is 1. The van der Waals surface area contributed by atoms with Crippen molar-refractivity contribution in [1.29, 1.82) is 0 Å². The summed E-state index contributed by atoms with van der Waals surface area (Å²) in [5.41, 5.74) is 2.22. The number of nitrogens with zero attached hydrogens (tertiary/aromatic N) is 3. The quantitative estimate of drug-likeness (QED) is 0.569. The number of carbonyl (C=O) groups is 2. The molecule has 2 heterocycles. The highest BCUT2D eigenvalue weighted by atomic mass is 32.2. The Morgan fingerprint density at radius 2 is 1.79 bits per heavy atom. The number of thioether (sulfide) groups is 1. The molecule has 0 saturated carbocycles. The van der Waals surface area contributed by atoms with Gasteiger partial charge in [-0.15, -0.1) is 10.2 Å². The molecule has 2 aromatic heterocycles. The van der Waals surface area contributed by atoms with Gasteiger partial charge in [-0.3, -0.25) is 9.59 Å². The summed E-state index contributed by atoms with van der Waals surface area (Å²) < 4.78 is 7.33. The monoisotopic (exact) mass is 413 g/mol. The average Bonchev–Trinajstić information content (AvgIpc) is 3.28. The Morgan fingerprint density at radius 3 is 2.34 bits per heavy atom. The minimum atomic E-state index is -0.377. The molecule has 0 aliphatic carbocycles. The van der Waals surface area contributed by atoms with E-state index >= 15 is 0 Å². The third-order valence-corrected chi connectivity index (χ3v) is 5.34. The fourth-order valence-corrected chi connectivity index (χ4v) is 3.69. The Balaban J connectivity index is 1.67. The maximum Gasteiger partial charge on any atom is 0.237 e. The van der Waals surface area contributed by atoms with Crippen LogP contribution in [0.3, 0.4) is 0 Å². The summed E-state index contributed by atoms with van der Waals surface area (Å²) in [5.74, 6) is 1.21. The van der Waals surface area contributed by atoms with Crippen molar-refractivity contribution in [1.82, 2.24) is 14.8 Å². The van der Waals surface area contributed by atoms with Crippen LogP contribution in [-0.4, -0.2) is 31.8 Å². The standard InChI is InChI=1S/C20H23N5O3S/c1-5-25-18(17-10-11-28-12(17)2)23-24-20(25)29-13(3)19(27)22-16-8-6-15(7-9-16)21-14(4)26/h6-11,13H,5H2,1-4H3,(H,21,26)(H,22,27)/t13-/m0/s1. The topological polar surface area (TPSA) is 102 Å². The van der Waals surface area contributed by atoms with Gasteiger partial charge in [0.25, 0.3) is 0 Å². The summed E-state index contributed by atoms with van der Waals surface area (Å²) >= 11 is 1.35. The van der Waals surface area contributed by atoms with Gasteiger partial charge in [0.2, 0.25) is 11.8 Å². The maximum atomic E-state index is 12.6. The van der Waals surface area contributed by atoms with E-state index in [1.165, 1.54) is 18.7 Å². The van der Waals surface area contributed by atoms with E-state index < -0.39 is 0 Å². The smallest absolute Gasteiger partial charge is 0.237 e. The number of anilines is 2. The summed E-state index contributed by atoms with van der Waals surface area (Å²) in [5, 5.41) is 14.4. The fraction of sp³-hybridized carbons (Fsp3) is 0.300. The van der Waals surface area contributed by atoms with Gasteiger partial charge in [-0.1, -0.05) is 11.8 Å². The molecule has 1 aromatic carbocycles. The van der Waals surface area contributed by atoms with Crippen LogP contribution in [0.4, 0.5) is 11.4 Å². The van der Waals surface area contributed by atoms with Gasteiger partial charge in [0.1, 0.15) is 5.76 Å². The third kappa shape index (κ3) is 4.86. The van der Waals surface area contributed by atoms with E-state index in [0.29, 0.717) is 23.1 Å². The SMILES string of the molecule is CCn1c(S[C@@H](C)C(=O)Nc2ccc(NC(C)=O)cc2)nnc1-c1ccoc1C. The van der Waals surface area contributed by atoms with Crippen LogP contribution in [0.1, 0.15) is 26.5 Å². The molecule has 2 amide bonds. The van der Waals surface area contributed by atoms with Crippen molar-refractivity contribution in [3.8, 4) is 11.4 Å². The van der Waals surface area contributed by atoms with Crippen molar-refractivity contribution in [2.45, 2.75) is 44.6 Å². The zero-order valence-electron chi connectivity index (χ0n) is 16.7. The van der Waals surface area contributed by atoms with E-state index in [1.54, 1.807) is 30.5 Å². The first-order valence-electron chi connectivity index (χ1n) is 9.22. The van der Waals surface area contributed by atoms with E-state index in [4.69, 9.17) is 4.42 Å². The fourth-order valence-electron chi connectivity index (χ4n) is 2.77. The van der Waals surface area contributed by atoms with Crippen molar-refractivity contribution >= 4 is 35.0 Å². The Kier molecular flexibility index (Phi) is 6.38. The number of aryl methyl sites for hydroxylation is 1. The largest absolute Gasteiger partial charge is 0.469 e. The molecular formula is C20H23N5O3S. The van der Waals surface area contributed by atoms with Crippen LogP contribution in [0.25, 0.3) is 11.4 Å². The molecule has 8 nitrogen and oxygen atoms in total. The lowest BCUT2D eigenvalue weighted by Crippen LogP contribution is -2.23. The van der Waals surface area contributed by atoms with Crippen LogP contribution in [0.5, 0.6) is 0 Å². The van der Waals surface area contributed by atoms with Crippen LogP contribution >= 0.6 is 11.8 Å². The van der Waals surface area contributed by atoms with Crippen LogP contribution in [0, 0.1) is 6.92 Å². The zero-order chi connectivity index (χ0) is 21.0. The summed E-state index contributed by atoms with van der Waals surface area (Å²) in [4.78, 5) is 23.7. The van der Waals surface area contributed by atoms with E-state index in [2.05, 4.69) is 20.8 Å². The van der Waals surface area contributed by atoms with Crippen LogP contribution in [0.15, 0.2) is 46.2 Å². The molecule has 152 valence electrons. The average molecular weight is 414 g/mol. The third-order valence-electron chi connectivity index (χ3n) is 4.26. The van der Waals surface area contributed by atoms with Gasteiger partial charge in [0.05, 0.1) is 17.1 Å². The molecule has 0 saturated heterocycles. The molecule has 0 aliphatic heterocycles. The molecule has 3 rings (SSSR count). The maximum absolute atomic E-state index is 12.6. The second kappa shape index (κ2) is 8.95. The van der Waals surface area contributed by atoms with Crippen molar-refractivity contribution in [2.24, 2.45) is 0 Å². The first-order chi connectivity index (χ1) is 13.9. The summed E-state index contributed by atoms with van der Waals surface area (Å²) in [6, 6.07) is 8.83. The second-order valence-corrected chi connectivity index (χ2v) is 7.76. The first kappa shape index (κ1) is 20.7. The Morgan fingerprint density at radius 1 is 1.14 bits per heavy atom. The number of carbonyl (C=O) groups excluding carboxylic acids is 2. The molecule has 0 fully saturated rings. The van der Waals surface area contributed by atoms with Gasteiger partial charge >= 0.3 is 0 Å². The lowest BCUT2D eigenvalue weighted by molar-refractivity contribution is -0.115. The van der Waals surface area contributed by atoms with Gasteiger partial charge in [-0.2, -0.15) is 0 Å². The van der Waals surface area contributed by atoms with Crippen LogP contribution in [-0.2, 0) is 16.1 Å². The van der Waals surface area contributed by atoms with Crippen LogP contribution < -0.4 is 10.6 Å². The number of benzene rings is 1.